The number of nitrogens with zero attached hydrogens (tertiary/aromatic N) is 7. The Hall–Kier alpha value is -5.18. The summed E-state index contributed by atoms with van der Waals surface area (Å²) >= 11 is 1.33. The second-order valence-corrected chi connectivity index (χ2v) is 12.9. The molecule has 0 radical (unpaired) electrons. The fourth-order valence-corrected chi connectivity index (χ4v) is 5.92. The number of fused-ring (bicyclic) bond motifs is 1. The summed E-state index contributed by atoms with van der Waals surface area (Å²) in [5, 5.41) is 17.6. The van der Waals surface area contributed by atoms with Gasteiger partial charge in [-0.25, -0.2) is 24.7 Å². The van der Waals surface area contributed by atoms with Gasteiger partial charge < -0.3 is 20.2 Å². The third-order valence-corrected chi connectivity index (χ3v) is 8.35. The maximum absolute atomic E-state index is 13.6. The van der Waals surface area contributed by atoms with Gasteiger partial charge in [0.25, 0.3) is 11.5 Å². The van der Waals surface area contributed by atoms with E-state index < -0.39 is 17.4 Å². The van der Waals surface area contributed by atoms with E-state index in [1.54, 1.807) is 23.4 Å². The van der Waals surface area contributed by atoms with Crippen LogP contribution in [0.25, 0.3) is 11.7 Å². The van der Waals surface area contributed by atoms with Crippen molar-refractivity contribution in [3.05, 3.63) is 75.4 Å². The van der Waals surface area contributed by atoms with Crippen LogP contribution in [0.3, 0.4) is 0 Å². The van der Waals surface area contributed by atoms with Crippen molar-refractivity contribution in [3.8, 4) is 0 Å². The Morgan fingerprint density at radius 1 is 1.06 bits per heavy atom. The number of anilines is 3. The summed E-state index contributed by atoms with van der Waals surface area (Å²) in [6.07, 6.45) is 8.81. The molecule has 0 saturated carbocycles. The molecule has 1 saturated heterocycles. The highest BCUT2D eigenvalue weighted by molar-refractivity contribution is 7.14. The van der Waals surface area contributed by atoms with Crippen LogP contribution in [0.2, 0.25) is 0 Å². The lowest BCUT2D eigenvalue weighted by Crippen LogP contribution is -2.49. The van der Waals surface area contributed by atoms with Crippen LogP contribution in [0.5, 0.6) is 0 Å². The minimum Gasteiger partial charge on any atom is -0.478 e. The lowest BCUT2D eigenvalue weighted by Gasteiger charge is -2.36. The number of rotatable bonds is 11. The van der Waals surface area contributed by atoms with E-state index in [2.05, 4.69) is 25.6 Å². The lowest BCUT2D eigenvalue weighted by molar-refractivity contribution is -0.132. The van der Waals surface area contributed by atoms with Gasteiger partial charge in [-0.2, -0.15) is 0 Å². The van der Waals surface area contributed by atoms with Crippen LogP contribution >= 0.6 is 11.3 Å². The molecule has 4 aromatic heterocycles. The predicted octanol–water partition coefficient (Wildman–Crippen LogP) is 3.52. The number of hydrogen-bond acceptors (Lipinski definition) is 11. The molecule has 0 spiro atoms. The molecule has 0 atom stereocenters. The van der Waals surface area contributed by atoms with E-state index in [1.807, 2.05) is 31.1 Å². The molecule has 246 valence electrons. The molecule has 0 bridgehead atoms. The number of thiazole rings is 1. The molecule has 0 unspecified atom stereocenters. The normalized spacial score (nSPS) is 13.7. The molecule has 2 amide bonds. The Morgan fingerprint density at radius 3 is 2.49 bits per heavy atom. The number of carboxylic acid groups (broad SMARTS) is 1. The zero-order valence-corrected chi connectivity index (χ0v) is 27.3. The average molecular weight is 660 g/mol. The Bertz CT molecular complexity index is 1840. The third-order valence-electron chi connectivity index (χ3n) is 7.59. The Morgan fingerprint density at radius 2 is 1.81 bits per heavy atom. The molecule has 1 aliphatic rings. The number of unbranched alkanes of at least 4 members (excludes halogenated alkanes) is 1. The van der Waals surface area contributed by atoms with Crippen molar-refractivity contribution in [3.63, 3.8) is 0 Å². The first-order chi connectivity index (χ1) is 22.5. The Balaban J connectivity index is 1.28. The summed E-state index contributed by atoms with van der Waals surface area (Å²) in [7, 11) is 0. The van der Waals surface area contributed by atoms with Gasteiger partial charge in [-0.1, -0.05) is 20.8 Å². The van der Waals surface area contributed by atoms with E-state index in [0.717, 1.165) is 18.2 Å². The van der Waals surface area contributed by atoms with Crippen molar-refractivity contribution in [1.29, 1.82) is 0 Å². The van der Waals surface area contributed by atoms with Crippen molar-refractivity contribution in [2.45, 2.75) is 45.4 Å². The first-order valence-corrected chi connectivity index (χ1v) is 16.2. The van der Waals surface area contributed by atoms with Gasteiger partial charge in [0.15, 0.2) is 5.13 Å². The van der Waals surface area contributed by atoms with Crippen LogP contribution < -0.4 is 21.1 Å². The van der Waals surface area contributed by atoms with Gasteiger partial charge in [0.1, 0.15) is 11.5 Å². The standard InChI is InChI=1S/C32H37N9O5S/c1-32(2,3)23-20-47-31(36-23)38-28(45)21-10-14-41-24(19-21)37-27(22(29(41)46)8-9-26(43)44)40-17-15-39(16-18-40)25(42)7-4-5-11-33-30-34-12-6-13-35-30/h6,8-10,12-14,19-20H,4-5,7,11,15-18H2,1-3H3,(H,43,44)(H,33,34,35)(H,36,38,45)/b9-8+. The van der Waals surface area contributed by atoms with Gasteiger partial charge in [0.05, 0.1) is 11.3 Å². The Labute approximate surface area is 275 Å². The summed E-state index contributed by atoms with van der Waals surface area (Å²) in [5.74, 6) is -0.709. The molecule has 0 aliphatic carbocycles. The number of hydrogen-bond donors (Lipinski definition) is 3. The third kappa shape index (κ3) is 8.35. The van der Waals surface area contributed by atoms with E-state index in [0.29, 0.717) is 62.5 Å². The number of amides is 2. The molecule has 14 nitrogen and oxygen atoms in total. The number of carboxylic acids is 1. The molecule has 15 heteroatoms. The van der Waals surface area contributed by atoms with E-state index >= 15 is 0 Å². The van der Waals surface area contributed by atoms with Crippen LogP contribution in [-0.4, -0.2) is 84.9 Å². The number of piperazine rings is 1. The topological polar surface area (TPSA) is 175 Å². The molecular formula is C32H37N9O5S. The van der Waals surface area contributed by atoms with Crippen LogP contribution in [0.15, 0.2) is 53.0 Å². The quantitative estimate of drug-likeness (QED) is 0.159. The Kier molecular flexibility index (Phi) is 10.2. The first kappa shape index (κ1) is 33.2. The fourth-order valence-electron chi connectivity index (χ4n) is 4.99. The van der Waals surface area contributed by atoms with Crippen LogP contribution in [0.4, 0.5) is 16.9 Å². The first-order valence-electron chi connectivity index (χ1n) is 15.3. The number of carbonyl (C=O) groups is 3. The number of aromatic nitrogens is 5. The molecule has 0 aromatic carbocycles. The lowest BCUT2D eigenvalue weighted by atomic mass is 9.93. The van der Waals surface area contributed by atoms with Gasteiger partial charge in [-0.05, 0) is 37.1 Å². The van der Waals surface area contributed by atoms with E-state index in [1.165, 1.54) is 40.1 Å². The summed E-state index contributed by atoms with van der Waals surface area (Å²) in [6, 6.07) is 4.77. The van der Waals surface area contributed by atoms with Gasteiger partial charge in [0.2, 0.25) is 11.9 Å². The van der Waals surface area contributed by atoms with Crippen molar-refractivity contribution < 1.29 is 19.5 Å². The zero-order valence-electron chi connectivity index (χ0n) is 26.5. The molecule has 1 aliphatic heterocycles. The van der Waals surface area contributed by atoms with Gasteiger partial charge >= 0.3 is 5.97 Å². The number of carbonyl (C=O) groups excluding carboxylic acids is 2. The van der Waals surface area contributed by atoms with Gasteiger partial charge in [0, 0.05) is 80.2 Å². The summed E-state index contributed by atoms with van der Waals surface area (Å²) in [4.78, 5) is 72.1. The second-order valence-electron chi connectivity index (χ2n) is 12.0. The highest BCUT2D eigenvalue weighted by Gasteiger charge is 2.25. The number of pyridine rings is 1. The number of nitrogens with one attached hydrogen (secondary N) is 2. The smallest absolute Gasteiger partial charge is 0.328 e. The zero-order chi connectivity index (χ0) is 33.6. The van der Waals surface area contributed by atoms with Crippen LogP contribution in [0.1, 0.15) is 61.6 Å². The van der Waals surface area contributed by atoms with Gasteiger partial charge in [-0.3, -0.25) is 24.1 Å². The number of aliphatic carboxylic acids is 1. The summed E-state index contributed by atoms with van der Waals surface area (Å²) in [6.45, 7) is 8.42. The molecule has 5 rings (SSSR count). The highest BCUT2D eigenvalue weighted by Crippen LogP contribution is 2.27. The van der Waals surface area contributed by atoms with E-state index in [4.69, 9.17) is 4.98 Å². The maximum Gasteiger partial charge on any atom is 0.328 e. The second kappa shape index (κ2) is 14.5. The maximum atomic E-state index is 13.6. The largest absolute Gasteiger partial charge is 0.478 e. The van der Waals surface area contributed by atoms with Gasteiger partial charge in [-0.15, -0.1) is 11.3 Å². The van der Waals surface area contributed by atoms with E-state index in [9.17, 15) is 24.3 Å². The summed E-state index contributed by atoms with van der Waals surface area (Å²) < 4.78 is 1.28. The van der Waals surface area contributed by atoms with Crippen molar-refractivity contribution in [2.24, 2.45) is 0 Å². The highest BCUT2D eigenvalue weighted by atomic mass is 32.1. The SMILES string of the molecule is CC(C)(C)c1csc(NC(=O)c2ccn3c(=O)c(/C=C/C(=O)O)c(N4CCN(C(=O)CCCCNc5ncccn5)CC4)nc3c2)n1. The van der Waals surface area contributed by atoms with Crippen molar-refractivity contribution >= 4 is 57.7 Å². The monoisotopic (exact) mass is 659 g/mol. The van der Waals surface area contributed by atoms with Crippen LogP contribution in [-0.2, 0) is 15.0 Å². The van der Waals surface area contributed by atoms with Crippen LogP contribution in [0, 0.1) is 0 Å². The van der Waals surface area contributed by atoms with Crippen molar-refractivity contribution in [2.75, 3.05) is 48.3 Å². The minimum absolute atomic E-state index is 0.0450. The summed E-state index contributed by atoms with van der Waals surface area (Å²) in [5.41, 5.74) is 0.848. The minimum atomic E-state index is -1.20. The molecule has 5 heterocycles. The fraction of sp³-hybridized carbons (Fsp3) is 0.375. The average Bonchev–Trinajstić information content (AvgIpc) is 3.53. The predicted molar refractivity (Wildman–Crippen MR) is 180 cm³/mol. The van der Waals surface area contributed by atoms with E-state index in [-0.39, 0.29) is 28.1 Å². The molecule has 4 aromatic rings. The molecule has 47 heavy (non-hydrogen) atoms. The molecule has 1 fully saturated rings. The molecular weight excluding hydrogens is 622 g/mol. The molecule has 3 N–H and O–H groups in total. The van der Waals surface area contributed by atoms with Crippen molar-refractivity contribution in [1.82, 2.24) is 29.2 Å².